The zero-order chi connectivity index (χ0) is 15.4. The number of hydrogen-bond acceptors (Lipinski definition) is 2. The maximum atomic E-state index is 6.22. The summed E-state index contributed by atoms with van der Waals surface area (Å²) < 4.78 is 12.4. The molecule has 2 fully saturated rings. The van der Waals surface area contributed by atoms with Gasteiger partial charge in [-0.15, -0.1) is 5.92 Å². The first-order chi connectivity index (χ1) is 10.7. The Morgan fingerprint density at radius 1 is 1.05 bits per heavy atom. The van der Waals surface area contributed by atoms with Crippen molar-refractivity contribution in [1.29, 1.82) is 0 Å². The molecule has 2 aliphatic rings. The van der Waals surface area contributed by atoms with E-state index in [1.165, 1.54) is 18.4 Å². The van der Waals surface area contributed by atoms with Gasteiger partial charge in [0.2, 0.25) is 0 Å². The highest BCUT2D eigenvalue weighted by molar-refractivity contribution is 6.77. The van der Waals surface area contributed by atoms with Gasteiger partial charge in [0.1, 0.15) is 0 Å². The summed E-state index contributed by atoms with van der Waals surface area (Å²) in [5, 5.41) is 0. The van der Waals surface area contributed by atoms with Crippen molar-refractivity contribution in [2.75, 3.05) is 13.2 Å². The van der Waals surface area contributed by atoms with Crippen LogP contribution in [0.1, 0.15) is 51.0 Å². The molecule has 0 radical (unpaired) electrons. The minimum Gasteiger partial charge on any atom is -0.558 e. The molecule has 3 heteroatoms. The standard InChI is InChI=1S/C19H26BO2/c1-16(2)12-13-20(21-14-7-15-22-20)19-11-6-10-18(19)17-8-4-3-5-9-17/h3-5,8-9,16,18-19H,6-7,10-11,14-15H2,1-2H3/q-1. The van der Waals surface area contributed by atoms with Gasteiger partial charge in [0, 0.05) is 19.1 Å². The van der Waals surface area contributed by atoms with E-state index in [-0.39, 0.29) is 0 Å². The number of hydrogen-bond donors (Lipinski definition) is 0. The molecule has 2 atom stereocenters. The third-order valence-electron chi connectivity index (χ3n) is 4.95. The highest BCUT2D eigenvalue weighted by atomic mass is 16.6. The van der Waals surface area contributed by atoms with E-state index in [0.717, 1.165) is 26.1 Å². The third kappa shape index (κ3) is 3.24. The Balaban J connectivity index is 1.91. The maximum absolute atomic E-state index is 6.22. The van der Waals surface area contributed by atoms with E-state index in [4.69, 9.17) is 9.31 Å². The topological polar surface area (TPSA) is 18.5 Å². The molecule has 2 nitrogen and oxygen atoms in total. The SMILES string of the molecule is CC(C)C#C[B-]1(C2CCCC2c2ccccc2)OCCCO1. The Bertz CT molecular complexity index is 538. The second-order valence-electron chi connectivity index (χ2n) is 6.92. The molecule has 0 N–H and O–H groups in total. The highest BCUT2D eigenvalue weighted by Gasteiger charge is 2.43. The summed E-state index contributed by atoms with van der Waals surface area (Å²) in [6, 6.07) is 10.8. The molecule has 1 aliphatic heterocycles. The molecular weight excluding hydrogens is 271 g/mol. The van der Waals surface area contributed by atoms with E-state index in [1.54, 1.807) is 0 Å². The van der Waals surface area contributed by atoms with Crippen LogP contribution in [0.2, 0.25) is 5.82 Å². The van der Waals surface area contributed by atoms with E-state index in [0.29, 0.717) is 17.7 Å². The summed E-state index contributed by atoms with van der Waals surface area (Å²) in [6.07, 6.45) is 4.60. The van der Waals surface area contributed by atoms with Crippen molar-refractivity contribution in [3.8, 4) is 11.7 Å². The predicted molar refractivity (Wildman–Crippen MR) is 91.7 cm³/mol. The van der Waals surface area contributed by atoms with Crippen molar-refractivity contribution in [2.45, 2.75) is 51.3 Å². The van der Waals surface area contributed by atoms with Gasteiger partial charge in [-0.2, -0.15) is 0 Å². The summed E-state index contributed by atoms with van der Waals surface area (Å²) in [5.74, 6) is 8.04. The summed E-state index contributed by atoms with van der Waals surface area (Å²) in [5.41, 5.74) is 1.41. The van der Waals surface area contributed by atoms with E-state index in [1.807, 2.05) is 0 Å². The molecule has 1 aromatic carbocycles. The Kier molecular flexibility index (Phi) is 4.91. The second kappa shape index (κ2) is 6.90. The Hall–Kier alpha value is -1.24. The molecule has 22 heavy (non-hydrogen) atoms. The van der Waals surface area contributed by atoms with Gasteiger partial charge in [-0.1, -0.05) is 62.8 Å². The Morgan fingerprint density at radius 2 is 1.77 bits per heavy atom. The molecule has 0 bridgehead atoms. The largest absolute Gasteiger partial charge is 0.558 e. The molecular formula is C19H26BO2-. The summed E-state index contributed by atoms with van der Waals surface area (Å²) in [6.45, 7) is 4.35. The van der Waals surface area contributed by atoms with Gasteiger partial charge in [0.05, 0.1) is 0 Å². The Labute approximate surface area is 134 Å². The lowest BCUT2D eigenvalue weighted by Gasteiger charge is -2.48. The zero-order valence-corrected chi connectivity index (χ0v) is 13.8. The van der Waals surface area contributed by atoms with Crippen LogP contribution in [0.4, 0.5) is 0 Å². The molecule has 1 heterocycles. The normalized spacial score (nSPS) is 27.4. The van der Waals surface area contributed by atoms with Crippen LogP contribution >= 0.6 is 0 Å². The van der Waals surface area contributed by atoms with Crippen molar-refractivity contribution < 1.29 is 9.31 Å². The predicted octanol–water partition coefficient (Wildman–Crippen LogP) is 4.40. The summed E-state index contributed by atoms with van der Waals surface area (Å²) in [4.78, 5) is 0. The van der Waals surface area contributed by atoms with Crippen molar-refractivity contribution in [3.63, 3.8) is 0 Å². The van der Waals surface area contributed by atoms with Crippen molar-refractivity contribution in [2.24, 2.45) is 5.92 Å². The quantitative estimate of drug-likeness (QED) is 0.595. The van der Waals surface area contributed by atoms with E-state index in [2.05, 4.69) is 55.9 Å². The lowest BCUT2D eigenvalue weighted by atomic mass is 9.43. The van der Waals surface area contributed by atoms with Gasteiger partial charge in [-0.25, -0.2) is 5.82 Å². The fourth-order valence-electron chi connectivity index (χ4n) is 3.97. The van der Waals surface area contributed by atoms with Crippen LogP contribution in [-0.2, 0) is 9.31 Å². The fraction of sp³-hybridized carbons (Fsp3) is 0.579. The number of benzene rings is 1. The molecule has 3 rings (SSSR count). The molecule has 2 unspecified atom stereocenters. The summed E-state index contributed by atoms with van der Waals surface area (Å²) in [7, 11) is 0. The average Bonchev–Trinajstić information content (AvgIpc) is 3.05. The van der Waals surface area contributed by atoms with Crippen molar-refractivity contribution >= 4 is 6.55 Å². The van der Waals surface area contributed by atoms with Gasteiger partial charge in [-0.3, -0.25) is 0 Å². The molecule has 0 amide bonds. The molecule has 0 spiro atoms. The van der Waals surface area contributed by atoms with Gasteiger partial charge in [0.25, 0.3) is 0 Å². The minimum atomic E-state index is -1.47. The molecule has 118 valence electrons. The van der Waals surface area contributed by atoms with E-state index < -0.39 is 6.55 Å². The van der Waals surface area contributed by atoms with Crippen LogP contribution in [-0.4, -0.2) is 19.8 Å². The number of rotatable bonds is 2. The van der Waals surface area contributed by atoms with Crippen LogP contribution in [0.25, 0.3) is 0 Å². The first-order valence-electron chi connectivity index (χ1n) is 8.71. The first kappa shape index (κ1) is 15.7. The van der Waals surface area contributed by atoms with Crippen LogP contribution < -0.4 is 0 Å². The fourth-order valence-corrected chi connectivity index (χ4v) is 3.97. The first-order valence-corrected chi connectivity index (χ1v) is 8.71. The highest BCUT2D eigenvalue weighted by Crippen LogP contribution is 2.50. The van der Waals surface area contributed by atoms with Crippen molar-refractivity contribution in [1.82, 2.24) is 0 Å². The molecule has 1 saturated heterocycles. The monoisotopic (exact) mass is 297 g/mol. The van der Waals surface area contributed by atoms with Crippen molar-refractivity contribution in [3.05, 3.63) is 35.9 Å². The van der Waals surface area contributed by atoms with Crippen LogP contribution in [0.15, 0.2) is 30.3 Å². The van der Waals surface area contributed by atoms with Gasteiger partial charge < -0.3 is 9.31 Å². The van der Waals surface area contributed by atoms with Crippen LogP contribution in [0.3, 0.4) is 0 Å². The third-order valence-corrected chi connectivity index (χ3v) is 4.95. The van der Waals surface area contributed by atoms with Gasteiger partial charge in [-0.05, 0) is 24.3 Å². The molecule has 1 saturated carbocycles. The molecule has 1 aliphatic carbocycles. The molecule has 1 aromatic rings. The lowest BCUT2D eigenvalue weighted by molar-refractivity contribution is 0.110. The molecule has 0 aromatic heterocycles. The second-order valence-corrected chi connectivity index (χ2v) is 6.92. The van der Waals surface area contributed by atoms with E-state index in [9.17, 15) is 0 Å². The zero-order valence-electron chi connectivity index (χ0n) is 13.8. The average molecular weight is 297 g/mol. The Morgan fingerprint density at radius 3 is 2.45 bits per heavy atom. The van der Waals surface area contributed by atoms with Gasteiger partial charge in [0.15, 0.2) is 0 Å². The lowest BCUT2D eigenvalue weighted by Crippen LogP contribution is -2.50. The maximum Gasteiger partial charge on any atom is 0.317 e. The van der Waals surface area contributed by atoms with Gasteiger partial charge >= 0.3 is 6.55 Å². The summed E-state index contributed by atoms with van der Waals surface area (Å²) >= 11 is 0. The van der Waals surface area contributed by atoms with E-state index >= 15 is 0 Å². The smallest absolute Gasteiger partial charge is 0.317 e. The van der Waals surface area contributed by atoms with Crippen LogP contribution in [0.5, 0.6) is 0 Å². The minimum absolute atomic E-state index is 0.351. The van der Waals surface area contributed by atoms with Crippen LogP contribution in [0, 0.1) is 17.7 Å².